The summed E-state index contributed by atoms with van der Waals surface area (Å²) in [4.78, 5) is 11.1. The second-order valence-electron chi connectivity index (χ2n) is 4.21. The molecule has 0 radical (unpaired) electrons. The molecule has 0 aromatic carbocycles. The molecule has 0 aliphatic carbocycles. The number of carbonyl (C=O) groups excluding carboxylic acids is 1. The van der Waals surface area contributed by atoms with E-state index in [-0.39, 0.29) is 11.5 Å². The minimum Gasteiger partial charge on any atom is -0.364 e. The van der Waals surface area contributed by atoms with E-state index in [2.05, 4.69) is 39.6 Å². The number of aromatic nitrogens is 3. The summed E-state index contributed by atoms with van der Waals surface area (Å²) in [5.74, 6) is -0.540. The van der Waals surface area contributed by atoms with Crippen LogP contribution in [0.15, 0.2) is 10.3 Å². The zero-order valence-electron chi connectivity index (χ0n) is 11.5. The van der Waals surface area contributed by atoms with Crippen LogP contribution in [-0.2, 0) is 0 Å². The van der Waals surface area contributed by atoms with Gasteiger partial charge in [-0.05, 0) is 12.8 Å². The molecule has 0 aliphatic rings. The van der Waals surface area contributed by atoms with Gasteiger partial charge in [0, 0.05) is 13.1 Å². The minimum atomic E-state index is -0.670. The number of carbonyl (C=O) groups is 1. The van der Waals surface area contributed by atoms with Crippen molar-refractivity contribution >= 4 is 11.7 Å². The van der Waals surface area contributed by atoms with E-state index in [0.717, 1.165) is 38.8 Å². The quantitative estimate of drug-likeness (QED) is 0.524. The van der Waals surface area contributed by atoms with Crippen molar-refractivity contribution in [3.8, 4) is 0 Å². The first-order valence-electron chi connectivity index (χ1n) is 6.56. The molecule has 0 spiro atoms. The van der Waals surface area contributed by atoms with Gasteiger partial charge in [0.25, 0.3) is 5.91 Å². The van der Waals surface area contributed by atoms with Crippen molar-refractivity contribution in [2.75, 3.05) is 13.1 Å². The van der Waals surface area contributed by atoms with E-state index in [4.69, 9.17) is 5.73 Å². The molecule has 0 saturated heterocycles. The van der Waals surface area contributed by atoms with Crippen molar-refractivity contribution in [1.29, 1.82) is 0 Å². The maximum absolute atomic E-state index is 11.1. The fraction of sp³-hybridized carbons (Fsp3) is 0.727. The summed E-state index contributed by atoms with van der Waals surface area (Å²) in [5, 5.41) is 19.6. The van der Waals surface area contributed by atoms with Crippen LogP contribution in [0.2, 0.25) is 0 Å². The number of amides is 1. The lowest BCUT2D eigenvalue weighted by Gasteiger charge is -2.16. The summed E-state index contributed by atoms with van der Waals surface area (Å²) in [5.41, 5.74) is 5.16. The highest BCUT2D eigenvalue weighted by Crippen LogP contribution is 2.13. The van der Waals surface area contributed by atoms with Crippen molar-refractivity contribution in [2.24, 2.45) is 16.1 Å². The van der Waals surface area contributed by atoms with Crippen molar-refractivity contribution in [3.63, 3.8) is 0 Å². The van der Waals surface area contributed by atoms with Gasteiger partial charge in [0.1, 0.15) is 0 Å². The molecule has 1 rings (SSSR count). The van der Waals surface area contributed by atoms with Crippen molar-refractivity contribution in [3.05, 3.63) is 5.69 Å². The largest absolute Gasteiger partial charge is 0.364 e. The van der Waals surface area contributed by atoms with Gasteiger partial charge in [0.05, 0.1) is 0 Å². The summed E-state index contributed by atoms with van der Waals surface area (Å²) in [6.45, 7) is 5.92. The second kappa shape index (κ2) is 8.17. The van der Waals surface area contributed by atoms with Gasteiger partial charge in [-0.2, -0.15) is 5.21 Å². The molecule has 19 heavy (non-hydrogen) atoms. The third-order valence-corrected chi connectivity index (χ3v) is 2.57. The lowest BCUT2D eigenvalue weighted by Crippen LogP contribution is -2.19. The van der Waals surface area contributed by atoms with Gasteiger partial charge in [-0.3, -0.25) is 9.80 Å². The van der Waals surface area contributed by atoms with Gasteiger partial charge in [0.2, 0.25) is 5.82 Å². The molecule has 0 fully saturated rings. The van der Waals surface area contributed by atoms with Crippen LogP contribution in [-0.4, -0.2) is 39.4 Å². The molecule has 1 aromatic heterocycles. The molecule has 8 nitrogen and oxygen atoms in total. The fourth-order valence-electron chi connectivity index (χ4n) is 1.45. The minimum absolute atomic E-state index is 0.00897. The SMILES string of the molecule is CCCCN(CCCC)N=Nc1n[nH]nc1C(N)=O. The zero-order chi connectivity index (χ0) is 14.1. The third kappa shape index (κ3) is 5.02. The number of nitrogens with two attached hydrogens (primary N) is 1. The first kappa shape index (κ1) is 15.1. The molecular formula is C11H21N7O. The summed E-state index contributed by atoms with van der Waals surface area (Å²) < 4.78 is 0. The maximum atomic E-state index is 11.1. The van der Waals surface area contributed by atoms with Crippen LogP contribution in [0.4, 0.5) is 5.82 Å². The summed E-state index contributed by atoms with van der Waals surface area (Å²) in [6, 6.07) is 0. The first-order valence-corrected chi connectivity index (χ1v) is 6.56. The number of hydrogen-bond donors (Lipinski definition) is 2. The Morgan fingerprint density at radius 3 is 2.42 bits per heavy atom. The monoisotopic (exact) mass is 267 g/mol. The average molecular weight is 267 g/mol. The van der Waals surface area contributed by atoms with Crippen molar-refractivity contribution < 1.29 is 4.79 Å². The molecule has 0 aliphatic heterocycles. The van der Waals surface area contributed by atoms with Gasteiger partial charge in [0.15, 0.2) is 5.69 Å². The normalized spacial score (nSPS) is 11.1. The summed E-state index contributed by atoms with van der Waals surface area (Å²) >= 11 is 0. The second-order valence-corrected chi connectivity index (χ2v) is 4.21. The van der Waals surface area contributed by atoms with E-state index < -0.39 is 5.91 Å². The van der Waals surface area contributed by atoms with Crippen molar-refractivity contribution in [2.45, 2.75) is 39.5 Å². The number of nitrogens with one attached hydrogen (secondary N) is 1. The molecule has 0 unspecified atom stereocenters. The van der Waals surface area contributed by atoms with Crippen LogP contribution in [0.25, 0.3) is 0 Å². The zero-order valence-corrected chi connectivity index (χ0v) is 11.5. The Kier molecular flexibility index (Phi) is 6.48. The maximum Gasteiger partial charge on any atom is 0.273 e. The molecular weight excluding hydrogens is 246 g/mol. The molecule has 0 atom stereocenters. The summed E-state index contributed by atoms with van der Waals surface area (Å²) in [7, 11) is 0. The van der Waals surface area contributed by atoms with Crippen molar-refractivity contribution in [1.82, 2.24) is 20.4 Å². The average Bonchev–Trinajstić information content (AvgIpc) is 2.86. The van der Waals surface area contributed by atoms with Crippen LogP contribution in [0, 0.1) is 0 Å². The van der Waals surface area contributed by atoms with Crippen LogP contribution in [0.3, 0.4) is 0 Å². The van der Waals surface area contributed by atoms with E-state index in [9.17, 15) is 4.79 Å². The highest BCUT2D eigenvalue weighted by atomic mass is 16.1. The summed E-state index contributed by atoms with van der Waals surface area (Å²) in [6.07, 6.45) is 4.28. The Labute approximate surface area is 112 Å². The van der Waals surface area contributed by atoms with Crippen LogP contribution in [0.5, 0.6) is 0 Å². The van der Waals surface area contributed by atoms with Gasteiger partial charge in [-0.25, -0.2) is 0 Å². The topological polar surface area (TPSA) is 113 Å². The van der Waals surface area contributed by atoms with Crippen LogP contribution >= 0.6 is 0 Å². The molecule has 8 heteroatoms. The van der Waals surface area contributed by atoms with Gasteiger partial charge in [-0.15, -0.1) is 15.3 Å². The number of nitrogens with zero attached hydrogens (tertiary/aromatic N) is 5. The molecule has 0 saturated carbocycles. The van der Waals surface area contributed by atoms with E-state index in [0.29, 0.717) is 0 Å². The van der Waals surface area contributed by atoms with Crippen LogP contribution in [0.1, 0.15) is 50.0 Å². The Morgan fingerprint density at radius 1 is 1.26 bits per heavy atom. The Balaban J connectivity index is 2.67. The fourth-order valence-corrected chi connectivity index (χ4v) is 1.45. The third-order valence-electron chi connectivity index (χ3n) is 2.57. The molecule has 0 bridgehead atoms. The number of rotatable bonds is 9. The van der Waals surface area contributed by atoms with Gasteiger partial charge in [-0.1, -0.05) is 31.9 Å². The Hall–Kier alpha value is -1.99. The van der Waals surface area contributed by atoms with Gasteiger partial charge >= 0.3 is 0 Å². The highest BCUT2D eigenvalue weighted by molar-refractivity contribution is 5.94. The Bertz CT molecular complexity index is 407. The van der Waals surface area contributed by atoms with E-state index >= 15 is 0 Å². The highest BCUT2D eigenvalue weighted by Gasteiger charge is 2.13. The lowest BCUT2D eigenvalue weighted by molar-refractivity contribution is 0.0996. The molecule has 1 heterocycles. The Morgan fingerprint density at radius 2 is 1.89 bits per heavy atom. The van der Waals surface area contributed by atoms with Crippen LogP contribution < -0.4 is 5.73 Å². The van der Waals surface area contributed by atoms with E-state index in [1.165, 1.54) is 0 Å². The number of primary amides is 1. The predicted molar refractivity (Wildman–Crippen MR) is 70.8 cm³/mol. The molecule has 3 N–H and O–H groups in total. The first-order chi connectivity index (χ1) is 9.19. The number of H-pyrrole nitrogens is 1. The predicted octanol–water partition coefficient (Wildman–Crippen LogP) is 1.80. The smallest absolute Gasteiger partial charge is 0.273 e. The lowest BCUT2D eigenvalue weighted by atomic mass is 10.3. The molecule has 1 aromatic rings. The number of hydrogen-bond acceptors (Lipinski definition) is 5. The van der Waals surface area contributed by atoms with E-state index in [1.807, 2.05) is 5.01 Å². The van der Waals surface area contributed by atoms with E-state index in [1.54, 1.807) is 0 Å². The van der Waals surface area contributed by atoms with Gasteiger partial charge < -0.3 is 5.73 Å². The number of aromatic amines is 1. The standard InChI is InChI=1S/C11H21N7O/c1-3-5-7-18(8-6-4-2)17-15-11-9(10(12)19)13-16-14-11/h3-8H2,1-2H3,(H2,12,19)(H,13,14,16). The molecule has 1 amide bonds. The molecule has 106 valence electrons. The number of unbranched alkanes of at least 4 members (excludes halogenated alkanes) is 2.